The van der Waals surface area contributed by atoms with E-state index in [-0.39, 0.29) is 1.43 Å². The number of hydrogen-bond donors (Lipinski definition) is 0. The largest absolute Gasteiger partial charge is 0.175 e. The predicted molar refractivity (Wildman–Crippen MR) is 33.9 cm³/mol. The second kappa shape index (κ2) is 2.16. The summed E-state index contributed by atoms with van der Waals surface area (Å²) in [5.74, 6) is 0. The van der Waals surface area contributed by atoms with Crippen LogP contribution in [0.5, 0.6) is 0 Å². The average Bonchev–Trinajstić information content (AvgIpc) is 1.69. The Hall–Kier alpha value is -0.248. The van der Waals surface area contributed by atoms with Gasteiger partial charge in [-0.3, -0.25) is 0 Å². The molecule has 1 heteroatoms. The van der Waals surface area contributed by atoms with Crippen LogP contribution in [0.25, 0.3) is 0 Å². The third kappa shape index (κ3) is 1.35. The molecule has 0 aliphatic heterocycles. The van der Waals surface area contributed by atoms with E-state index in [2.05, 4.69) is 16.3 Å². The topological polar surface area (TPSA) is 0 Å². The zero-order valence-corrected chi connectivity index (χ0v) is 5.12. The Morgan fingerprint density at radius 1 is 1.14 bits per heavy atom. The van der Waals surface area contributed by atoms with Crippen LogP contribution in [0.2, 0.25) is 0 Å². The minimum Gasteiger partial charge on any atom is -0.139 e. The van der Waals surface area contributed by atoms with Crippen molar-refractivity contribution in [2.45, 2.75) is 0 Å². The molecule has 0 amide bonds. The second-order valence-corrected chi connectivity index (χ2v) is 2.08. The molecule has 1 aromatic rings. The van der Waals surface area contributed by atoms with E-state index in [0.717, 1.165) is 0 Å². The number of benzene rings is 1. The average molecular weight is 106 g/mol. The van der Waals surface area contributed by atoms with Crippen molar-refractivity contribution in [2.24, 2.45) is 0 Å². The highest BCUT2D eigenvalue weighted by atomic mass is 27.0. The first-order valence-electron chi connectivity index (χ1n) is 2.20. The molecule has 0 unspecified atom stereocenters. The molecule has 0 aromatic heterocycles. The number of hydrogen-bond acceptors (Lipinski definition) is 0. The SMILES string of the molecule is [Al][c]1ccccc1.[HH]. The molecule has 34 valence electrons. The van der Waals surface area contributed by atoms with Crippen molar-refractivity contribution in [2.75, 3.05) is 0 Å². The van der Waals surface area contributed by atoms with Gasteiger partial charge in [0.05, 0.1) is 0 Å². The van der Waals surface area contributed by atoms with Gasteiger partial charge in [0.25, 0.3) is 0 Å². The molecule has 0 bridgehead atoms. The minimum absolute atomic E-state index is 0. The van der Waals surface area contributed by atoms with Gasteiger partial charge in [0.2, 0.25) is 0 Å². The molecule has 0 nitrogen and oxygen atoms in total. The molecule has 0 aliphatic carbocycles. The van der Waals surface area contributed by atoms with Crippen LogP contribution >= 0.6 is 0 Å². The summed E-state index contributed by atoms with van der Waals surface area (Å²) in [5, 5.41) is 0. The third-order valence-corrected chi connectivity index (χ3v) is 1.18. The van der Waals surface area contributed by atoms with E-state index in [1.54, 1.807) is 0 Å². The van der Waals surface area contributed by atoms with Gasteiger partial charge in [0.1, 0.15) is 0 Å². The summed E-state index contributed by atoms with van der Waals surface area (Å²) in [4.78, 5) is 0. The van der Waals surface area contributed by atoms with Gasteiger partial charge in [0, 0.05) is 1.43 Å². The zero-order valence-electron chi connectivity index (χ0n) is 3.96. The molecule has 0 fully saturated rings. The summed E-state index contributed by atoms with van der Waals surface area (Å²) in [6.45, 7) is 0. The summed E-state index contributed by atoms with van der Waals surface area (Å²) in [6, 6.07) is 10.1. The van der Waals surface area contributed by atoms with Crippen molar-refractivity contribution < 1.29 is 1.43 Å². The van der Waals surface area contributed by atoms with Crippen molar-refractivity contribution in [3.05, 3.63) is 30.3 Å². The van der Waals surface area contributed by atoms with Crippen molar-refractivity contribution in [3.63, 3.8) is 0 Å². The quantitative estimate of drug-likeness (QED) is 0.427. The lowest BCUT2D eigenvalue weighted by atomic mass is 10.4. The Labute approximate surface area is 53.1 Å². The van der Waals surface area contributed by atoms with E-state index < -0.39 is 0 Å². The zero-order chi connectivity index (χ0) is 5.11. The molecule has 7 heavy (non-hydrogen) atoms. The standard InChI is InChI=1S/C6H5.Al.H2/c1-2-4-6-5-3-1;;/h1-5H;;1H. The summed E-state index contributed by atoms with van der Waals surface area (Å²) in [5.41, 5.74) is 0. The molecule has 0 atom stereocenters. The van der Waals surface area contributed by atoms with Crippen molar-refractivity contribution in [1.29, 1.82) is 0 Å². The summed E-state index contributed by atoms with van der Waals surface area (Å²) in [6.07, 6.45) is 0. The van der Waals surface area contributed by atoms with Crippen LogP contribution < -0.4 is 4.43 Å². The van der Waals surface area contributed by atoms with Crippen LogP contribution in [0.3, 0.4) is 0 Å². The highest BCUT2D eigenvalue weighted by molar-refractivity contribution is 6.32. The van der Waals surface area contributed by atoms with Gasteiger partial charge in [-0.1, -0.05) is 30.3 Å². The normalized spacial score (nSPS) is 8.57. The summed E-state index contributed by atoms with van der Waals surface area (Å²) in [7, 11) is 0. The van der Waals surface area contributed by atoms with Gasteiger partial charge >= 0.3 is 0 Å². The monoisotopic (exact) mass is 106 g/mol. The molecule has 2 radical (unpaired) electrons. The molecule has 0 saturated heterocycles. The minimum atomic E-state index is 0. The highest BCUT2D eigenvalue weighted by Crippen LogP contribution is 1.76. The van der Waals surface area contributed by atoms with E-state index in [1.165, 1.54) is 4.43 Å². The fraction of sp³-hybridized carbons (Fsp3) is 0. The van der Waals surface area contributed by atoms with Gasteiger partial charge in [-0.2, -0.15) is 0 Å². The van der Waals surface area contributed by atoms with E-state index >= 15 is 0 Å². The Kier molecular flexibility index (Phi) is 1.51. The smallest absolute Gasteiger partial charge is 0.139 e. The van der Waals surface area contributed by atoms with E-state index in [4.69, 9.17) is 0 Å². The van der Waals surface area contributed by atoms with Crippen LogP contribution in [0.4, 0.5) is 0 Å². The number of rotatable bonds is 0. The van der Waals surface area contributed by atoms with Gasteiger partial charge in [0.15, 0.2) is 16.3 Å². The maximum atomic E-state index is 2.63. The molecule has 0 N–H and O–H groups in total. The van der Waals surface area contributed by atoms with Crippen molar-refractivity contribution >= 4 is 20.7 Å². The molecular weight excluding hydrogens is 99.0 g/mol. The van der Waals surface area contributed by atoms with Crippen molar-refractivity contribution in [3.8, 4) is 0 Å². The summed E-state index contributed by atoms with van der Waals surface area (Å²) < 4.78 is 1.24. The van der Waals surface area contributed by atoms with Gasteiger partial charge in [-0.25, -0.2) is 0 Å². The van der Waals surface area contributed by atoms with Gasteiger partial charge in [-0.15, -0.1) is 4.43 Å². The molecule has 1 aromatic carbocycles. The second-order valence-electron chi connectivity index (χ2n) is 1.41. The molecule has 0 aliphatic rings. The van der Waals surface area contributed by atoms with Gasteiger partial charge in [-0.05, 0) is 0 Å². The maximum absolute atomic E-state index is 2.63. The Balaban J connectivity index is 0.000000490. The lowest BCUT2D eigenvalue weighted by molar-refractivity contribution is 1.78. The fourth-order valence-electron chi connectivity index (χ4n) is 0.453. The van der Waals surface area contributed by atoms with Crippen LogP contribution in [0.15, 0.2) is 30.3 Å². The molecule has 0 saturated carbocycles. The van der Waals surface area contributed by atoms with Gasteiger partial charge < -0.3 is 0 Å². The Morgan fingerprint density at radius 3 is 2.00 bits per heavy atom. The van der Waals surface area contributed by atoms with Crippen LogP contribution in [-0.4, -0.2) is 16.3 Å². The van der Waals surface area contributed by atoms with E-state index in [1.807, 2.05) is 30.3 Å². The van der Waals surface area contributed by atoms with Crippen LogP contribution in [-0.2, 0) is 0 Å². The van der Waals surface area contributed by atoms with E-state index in [0.29, 0.717) is 0 Å². The lowest BCUT2D eigenvalue weighted by Crippen LogP contribution is -1.97. The molecule has 0 spiro atoms. The Bertz CT molecular complexity index is 138. The first-order valence-corrected chi connectivity index (χ1v) is 2.78. The van der Waals surface area contributed by atoms with Crippen LogP contribution in [0, 0.1) is 0 Å². The van der Waals surface area contributed by atoms with E-state index in [9.17, 15) is 0 Å². The predicted octanol–water partition coefficient (Wildman–Crippen LogP) is 0.726. The lowest BCUT2D eigenvalue weighted by Gasteiger charge is -1.84. The molecule has 1 rings (SSSR count). The fourth-order valence-corrected chi connectivity index (χ4v) is 0.675. The Morgan fingerprint density at radius 2 is 1.71 bits per heavy atom. The van der Waals surface area contributed by atoms with Crippen molar-refractivity contribution in [1.82, 2.24) is 0 Å². The van der Waals surface area contributed by atoms with Crippen LogP contribution in [0.1, 0.15) is 1.43 Å². The first-order chi connectivity index (χ1) is 3.39. The molecular formula is C6H7Al. The highest BCUT2D eigenvalue weighted by Gasteiger charge is 1.71. The third-order valence-electron chi connectivity index (χ3n) is 0.800. The maximum Gasteiger partial charge on any atom is 0.175 e. The first kappa shape index (κ1) is 4.90. The molecule has 0 heterocycles. The summed E-state index contributed by atoms with van der Waals surface area (Å²) >= 11 is 2.63.